The molecule has 1 aromatic heterocycles. The molecule has 1 aliphatic rings. The Morgan fingerprint density at radius 2 is 2.21 bits per heavy atom. The first kappa shape index (κ1) is 14.1. The number of nitrogens with zero attached hydrogens (tertiary/aromatic N) is 2. The van der Waals surface area contributed by atoms with E-state index in [-0.39, 0.29) is 12.0 Å². The second-order valence-corrected chi connectivity index (χ2v) is 5.24. The largest absolute Gasteiger partial charge is 0.376 e. The predicted octanol–water partition coefficient (Wildman–Crippen LogP) is 1.86. The summed E-state index contributed by atoms with van der Waals surface area (Å²) in [6, 6.07) is 0. The Morgan fingerprint density at radius 3 is 2.79 bits per heavy atom. The molecule has 5 nitrogen and oxygen atoms in total. The SMILES string of the molecule is Cc1noc(C)c1CC(=O)N(C)C[C@@H]1CCCCO1. The van der Waals surface area contributed by atoms with Gasteiger partial charge in [0.2, 0.25) is 5.91 Å². The zero-order chi connectivity index (χ0) is 13.8. The molecule has 0 N–H and O–H groups in total. The summed E-state index contributed by atoms with van der Waals surface area (Å²) in [7, 11) is 1.83. The van der Waals surface area contributed by atoms with Crippen molar-refractivity contribution in [3.63, 3.8) is 0 Å². The van der Waals surface area contributed by atoms with E-state index in [1.165, 1.54) is 6.42 Å². The summed E-state index contributed by atoms with van der Waals surface area (Å²) in [6.07, 6.45) is 3.91. The minimum atomic E-state index is 0.0866. The molecule has 19 heavy (non-hydrogen) atoms. The lowest BCUT2D eigenvalue weighted by Crippen LogP contribution is -2.37. The van der Waals surface area contributed by atoms with E-state index in [0.29, 0.717) is 13.0 Å². The molecule has 1 atom stereocenters. The molecule has 0 bridgehead atoms. The molecule has 0 aliphatic carbocycles. The molecule has 1 aromatic rings. The molecule has 0 radical (unpaired) electrons. The number of carbonyl (C=O) groups excluding carboxylic acids is 1. The Morgan fingerprint density at radius 1 is 1.42 bits per heavy atom. The van der Waals surface area contributed by atoms with Gasteiger partial charge < -0.3 is 14.2 Å². The number of hydrogen-bond donors (Lipinski definition) is 0. The van der Waals surface area contributed by atoms with Gasteiger partial charge in [0, 0.05) is 25.8 Å². The number of aryl methyl sites for hydroxylation is 2. The van der Waals surface area contributed by atoms with Crippen LogP contribution in [0.15, 0.2) is 4.52 Å². The van der Waals surface area contributed by atoms with Gasteiger partial charge in [0.05, 0.1) is 18.2 Å². The molecule has 0 aromatic carbocycles. The number of amides is 1. The summed E-state index contributed by atoms with van der Waals surface area (Å²) in [6.45, 7) is 5.19. The molecular formula is C14H22N2O3. The van der Waals surface area contributed by atoms with E-state index in [1.807, 2.05) is 20.9 Å². The zero-order valence-corrected chi connectivity index (χ0v) is 11.9. The second kappa shape index (κ2) is 6.19. The van der Waals surface area contributed by atoms with Crippen molar-refractivity contribution in [3.05, 3.63) is 17.0 Å². The summed E-state index contributed by atoms with van der Waals surface area (Å²) in [5, 5.41) is 3.87. The molecule has 2 heterocycles. The third kappa shape index (κ3) is 3.56. The van der Waals surface area contributed by atoms with Gasteiger partial charge in [0.15, 0.2) is 0 Å². The molecule has 1 saturated heterocycles. The van der Waals surface area contributed by atoms with Crippen LogP contribution in [-0.2, 0) is 16.0 Å². The standard InChI is InChI=1S/C14H22N2O3/c1-10-13(11(2)19-15-10)8-14(17)16(3)9-12-6-4-5-7-18-12/h12H,4-9H2,1-3H3/t12-/m0/s1. The molecule has 2 rings (SSSR count). The summed E-state index contributed by atoms with van der Waals surface area (Å²) >= 11 is 0. The topological polar surface area (TPSA) is 55.6 Å². The lowest BCUT2D eigenvalue weighted by molar-refractivity contribution is -0.131. The van der Waals surface area contributed by atoms with E-state index in [2.05, 4.69) is 5.16 Å². The van der Waals surface area contributed by atoms with Gasteiger partial charge in [-0.05, 0) is 33.1 Å². The van der Waals surface area contributed by atoms with Crippen LogP contribution >= 0.6 is 0 Å². The van der Waals surface area contributed by atoms with E-state index in [0.717, 1.165) is 36.5 Å². The average molecular weight is 266 g/mol. The lowest BCUT2D eigenvalue weighted by atomic mass is 10.1. The maximum atomic E-state index is 12.2. The fraction of sp³-hybridized carbons (Fsp3) is 0.714. The van der Waals surface area contributed by atoms with Crippen molar-refractivity contribution < 1.29 is 14.1 Å². The van der Waals surface area contributed by atoms with Crippen molar-refractivity contribution >= 4 is 5.91 Å². The molecule has 0 unspecified atom stereocenters. The Labute approximate surface area is 113 Å². The Bertz CT molecular complexity index is 416. The van der Waals surface area contributed by atoms with E-state index >= 15 is 0 Å². The third-order valence-electron chi connectivity index (χ3n) is 3.69. The Balaban J connectivity index is 1.88. The van der Waals surface area contributed by atoms with Crippen LogP contribution in [0.5, 0.6) is 0 Å². The van der Waals surface area contributed by atoms with Crippen molar-refractivity contribution in [1.82, 2.24) is 10.1 Å². The first-order valence-electron chi connectivity index (χ1n) is 6.85. The summed E-state index contributed by atoms with van der Waals surface area (Å²) < 4.78 is 10.7. The van der Waals surface area contributed by atoms with Gasteiger partial charge in [-0.3, -0.25) is 4.79 Å². The van der Waals surface area contributed by atoms with Crippen LogP contribution in [0.25, 0.3) is 0 Å². The first-order valence-corrected chi connectivity index (χ1v) is 6.85. The van der Waals surface area contributed by atoms with Crippen LogP contribution in [0.1, 0.15) is 36.3 Å². The molecule has 0 saturated carbocycles. The van der Waals surface area contributed by atoms with Gasteiger partial charge in [-0.2, -0.15) is 0 Å². The monoisotopic (exact) mass is 266 g/mol. The maximum Gasteiger partial charge on any atom is 0.227 e. The Hall–Kier alpha value is -1.36. The van der Waals surface area contributed by atoms with E-state index < -0.39 is 0 Å². The van der Waals surface area contributed by atoms with Gasteiger partial charge in [0.25, 0.3) is 0 Å². The molecule has 1 aliphatic heterocycles. The molecule has 5 heteroatoms. The normalized spacial score (nSPS) is 19.4. The van der Waals surface area contributed by atoms with Crippen LogP contribution < -0.4 is 0 Å². The second-order valence-electron chi connectivity index (χ2n) is 5.24. The minimum absolute atomic E-state index is 0.0866. The minimum Gasteiger partial charge on any atom is -0.376 e. The van der Waals surface area contributed by atoms with Crippen LogP contribution in [0.2, 0.25) is 0 Å². The Kier molecular flexibility index (Phi) is 4.58. The van der Waals surface area contributed by atoms with E-state index in [9.17, 15) is 4.79 Å². The fourth-order valence-corrected chi connectivity index (χ4v) is 2.40. The van der Waals surface area contributed by atoms with Crippen LogP contribution in [0.3, 0.4) is 0 Å². The van der Waals surface area contributed by atoms with Gasteiger partial charge in [-0.25, -0.2) is 0 Å². The molecule has 1 fully saturated rings. The highest BCUT2D eigenvalue weighted by atomic mass is 16.5. The summed E-state index contributed by atoms with van der Waals surface area (Å²) in [5.74, 6) is 0.816. The number of hydrogen-bond acceptors (Lipinski definition) is 4. The number of carbonyl (C=O) groups is 1. The van der Waals surface area contributed by atoms with Crippen molar-refractivity contribution in [2.75, 3.05) is 20.2 Å². The number of aromatic nitrogens is 1. The highest BCUT2D eigenvalue weighted by Crippen LogP contribution is 2.16. The van der Waals surface area contributed by atoms with Gasteiger partial charge in [-0.1, -0.05) is 5.16 Å². The fourth-order valence-electron chi connectivity index (χ4n) is 2.40. The van der Waals surface area contributed by atoms with Crippen LogP contribution in [0.4, 0.5) is 0 Å². The molecule has 0 spiro atoms. The number of ether oxygens (including phenoxy) is 1. The van der Waals surface area contributed by atoms with E-state index in [1.54, 1.807) is 4.90 Å². The van der Waals surface area contributed by atoms with Crippen molar-refractivity contribution in [3.8, 4) is 0 Å². The third-order valence-corrected chi connectivity index (χ3v) is 3.69. The van der Waals surface area contributed by atoms with Gasteiger partial charge in [0.1, 0.15) is 5.76 Å². The maximum absolute atomic E-state index is 12.2. The average Bonchev–Trinajstić information content (AvgIpc) is 2.71. The van der Waals surface area contributed by atoms with Crippen LogP contribution in [-0.4, -0.2) is 42.3 Å². The number of likely N-dealkylation sites (N-methyl/N-ethyl adjacent to an activating group) is 1. The van der Waals surface area contributed by atoms with Crippen LogP contribution in [0, 0.1) is 13.8 Å². The lowest BCUT2D eigenvalue weighted by Gasteiger charge is -2.27. The van der Waals surface area contributed by atoms with Crippen molar-refractivity contribution in [2.24, 2.45) is 0 Å². The predicted molar refractivity (Wildman–Crippen MR) is 70.9 cm³/mol. The molecule has 106 valence electrons. The van der Waals surface area contributed by atoms with E-state index in [4.69, 9.17) is 9.26 Å². The smallest absolute Gasteiger partial charge is 0.227 e. The zero-order valence-electron chi connectivity index (χ0n) is 11.9. The highest BCUT2D eigenvalue weighted by Gasteiger charge is 2.21. The van der Waals surface area contributed by atoms with Crippen molar-refractivity contribution in [1.29, 1.82) is 0 Å². The number of rotatable bonds is 4. The quantitative estimate of drug-likeness (QED) is 0.834. The molecule has 1 amide bonds. The van der Waals surface area contributed by atoms with Gasteiger partial charge in [-0.15, -0.1) is 0 Å². The first-order chi connectivity index (χ1) is 9.08. The highest BCUT2D eigenvalue weighted by molar-refractivity contribution is 5.79. The summed E-state index contributed by atoms with van der Waals surface area (Å²) in [5.41, 5.74) is 1.70. The van der Waals surface area contributed by atoms with Crippen molar-refractivity contribution in [2.45, 2.75) is 45.6 Å². The molecular weight excluding hydrogens is 244 g/mol. The summed E-state index contributed by atoms with van der Waals surface area (Å²) in [4.78, 5) is 13.9. The van der Waals surface area contributed by atoms with Gasteiger partial charge >= 0.3 is 0 Å².